The molecule has 0 radical (unpaired) electrons. The largest absolute Gasteiger partial charge is 0.673 e. The number of nitrogens with zero attached hydrogens (tertiary/aromatic N) is 1. The maximum atomic E-state index is 12.1. The number of carbonyl (C=O) groups excluding carboxylic acids is 2. The molecule has 1 aromatic carbocycles. The highest BCUT2D eigenvalue weighted by atomic mass is 19.5. The van der Waals surface area contributed by atoms with Crippen LogP contribution in [0.15, 0.2) is 48.8 Å². The van der Waals surface area contributed by atoms with E-state index in [1.54, 1.807) is 36.4 Å². The SMILES string of the molecule is C[n+]1ccc(C(=O)c2ccc(C=O)cc2)cc1.F[B-](F)(F)F. The highest BCUT2D eigenvalue weighted by molar-refractivity contribution is 6.50. The van der Waals surface area contributed by atoms with E-state index in [4.69, 9.17) is 0 Å². The average Bonchev–Trinajstić information content (AvgIpc) is 2.46. The summed E-state index contributed by atoms with van der Waals surface area (Å²) < 4.78 is 40.9. The van der Waals surface area contributed by atoms with Crippen LogP contribution < -0.4 is 4.57 Å². The molecular weight excluding hydrogens is 301 g/mol. The maximum Gasteiger partial charge on any atom is 0.673 e. The van der Waals surface area contributed by atoms with E-state index in [0.29, 0.717) is 16.7 Å². The molecule has 0 unspecified atom stereocenters. The van der Waals surface area contributed by atoms with E-state index in [2.05, 4.69) is 0 Å². The van der Waals surface area contributed by atoms with Crippen molar-refractivity contribution in [3.05, 3.63) is 65.5 Å². The number of aldehydes is 1. The normalized spacial score (nSPS) is 10.4. The van der Waals surface area contributed by atoms with E-state index >= 15 is 0 Å². The summed E-state index contributed by atoms with van der Waals surface area (Å²) in [5, 5.41) is 0. The number of benzene rings is 1. The number of ketones is 1. The molecule has 2 aromatic rings. The predicted octanol–water partition coefficient (Wildman–Crippen LogP) is 2.85. The second kappa shape index (κ2) is 7.49. The summed E-state index contributed by atoms with van der Waals surface area (Å²) in [5.41, 5.74) is 1.80. The van der Waals surface area contributed by atoms with Gasteiger partial charge in [-0.15, -0.1) is 0 Å². The molecule has 0 N–H and O–H groups in total. The van der Waals surface area contributed by atoms with Crippen LogP contribution in [0.25, 0.3) is 0 Å². The molecule has 22 heavy (non-hydrogen) atoms. The zero-order valence-electron chi connectivity index (χ0n) is 11.5. The Morgan fingerprint density at radius 3 is 1.77 bits per heavy atom. The van der Waals surface area contributed by atoms with Crippen molar-refractivity contribution in [1.29, 1.82) is 0 Å². The molecule has 2 rings (SSSR count). The number of halogens is 4. The number of carbonyl (C=O) groups is 2. The van der Waals surface area contributed by atoms with E-state index in [-0.39, 0.29) is 5.78 Å². The lowest BCUT2D eigenvalue weighted by atomic mass is 10.0. The molecule has 0 spiro atoms. The molecule has 0 amide bonds. The summed E-state index contributed by atoms with van der Waals surface area (Å²) in [5.74, 6) is -0.0388. The number of aryl methyl sites for hydroxylation is 1. The summed E-state index contributed by atoms with van der Waals surface area (Å²) in [6, 6.07) is 10.2. The van der Waals surface area contributed by atoms with Crippen molar-refractivity contribution in [1.82, 2.24) is 0 Å². The Hall–Kier alpha value is -2.51. The van der Waals surface area contributed by atoms with Gasteiger partial charge in [-0.1, -0.05) is 24.3 Å². The van der Waals surface area contributed by atoms with Crippen molar-refractivity contribution in [2.24, 2.45) is 7.05 Å². The molecule has 0 atom stereocenters. The lowest BCUT2D eigenvalue weighted by Gasteiger charge is -2.00. The molecule has 0 saturated heterocycles. The van der Waals surface area contributed by atoms with Crippen molar-refractivity contribution >= 4 is 19.3 Å². The molecular formula is C14H12BF4NO2. The predicted molar refractivity (Wildman–Crippen MR) is 73.1 cm³/mol. The molecule has 116 valence electrons. The van der Waals surface area contributed by atoms with Crippen LogP contribution in [0.1, 0.15) is 26.3 Å². The number of rotatable bonds is 3. The highest BCUT2D eigenvalue weighted by Gasteiger charge is 2.20. The van der Waals surface area contributed by atoms with Crippen LogP contribution in [0.4, 0.5) is 17.3 Å². The first-order valence-electron chi connectivity index (χ1n) is 6.13. The Morgan fingerprint density at radius 1 is 0.955 bits per heavy atom. The summed E-state index contributed by atoms with van der Waals surface area (Å²) in [4.78, 5) is 22.6. The van der Waals surface area contributed by atoms with E-state index in [0.717, 1.165) is 6.29 Å². The van der Waals surface area contributed by atoms with Gasteiger partial charge in [-0.3, -0.25) is 9.59 Å². The average molecular weight is 313 g/mol. The fourth-order valence-electron chi connectivity index (χ4n) is 1.53. The quantitative estimate of drug-likeness (QED) is 0.287. The van der Waals surface area contributed by atoms with E-state index < -0.39 is 7.25 Å². The Bertz CT molecular complexity index is 633. The Kier molecular flexibility index (Phi) is 5.97. The van der Waals surface area contributed by atoms with Crippen molar-refractivity contribution in [3.63, 3.8) is 0 Å². The number of hydrogen-bond acceptors (Lipinski definition) is 2. The molecule has 0 aliphatic carbocycles. The third-order valence-corrected chi connectivity index (χ3v) is 2.55. The molecule has 1 aromatic heterocycles. The fourth-order valence-corrected chi connectivity index (χ4v) is 1.53. The van der Waals surface area contributed by atoms with Crippen LogP contribution in [0.2, 0.25) is 0 Å². The first-order valence-corrected chi connectivity index (χ1v) is 6.13. The molecule has 0 aliphatic heterocycles. The van der Waals surface area contributed by atoms with Crippen LogP contribution in [-0.2, 0) is 7.05 Å². The third-order valence-electron chi connectivity index (χ3n) is 2.55. The number of aromatic nitrogens is 1. The van der Waals surface area contributed by atoms with Crippen LogP contribution in [0.3, 0.4) is 0 Å². The fraction of sp³-hybridized carbons (Fsp3) is 0.0714. The first-order chi connectivity index (χ1) is 10.2. The molecule has 8 heteroatoms. The zero-order valence-corrected chi connectivity index (χ0v) is 11.5. The minimum Gasteiger partial charge on any atom is -0.418 e. The van der Waals surface area contributed by atoms with Gasteiger partial charge < -0.3 is 17.3 Å². The molecule has 0 fully saturated rings. The minimum atomic E-state index is -6.00. The summed E-state index contributed by atoms with van der Waals surface area (Å²) in [7, 11) is -4.10. The van der Waals surface area contributed by atoms with Gasteiger partial charge in [0.1, 0.15) is 13.3 Å². The first kappa shape index (κ1) is 17.5. The maximum absolute atomic E-state index is 12.1. The molecule has 3 nitrogen and oxygen atoms in total. The van der Waals surface area contributed by atoms with Crippen LogP contribution in [-0.4, -0.2) is 19.3 Å². The van der Waals surface area contributed by atoms with Gasteiger partial charge in [0.25, 0.3) is 0 Å². The van der Waals surface area contributed by atoms with Crippen molar-refractivity contribution in [2.45, 2.75) is 0 Å². The number of pyridine rings is 1. The van der Waals surface area contributed by atoms with Crippen LogP contribution in [0, 0.1) is 0 Å². The second-order valence-corrected chi connectivity index (χ2v) is 4.32. The van der Waals surface area contributed by atoms with Gasteiger partial charge in [0, 0.05) is 28.8 Å². The monoisotopic (exact) mass is 313 g/mol. The minimum absolute atomic E-state index is 0.0388. The van der Waals surface area contributed by atoms with Gasteiger partial charge >= 0.3 is 7.25 Å². The summed E-state index contributed by atoms with van der Waals surface area (Å²) in [6.07, 6.45) is 4.41. The zero-order chi connectivity index (χ0) is 16.8. The Morgan fingerprint density at radius 2 is 1.36 bits per heavy atom. The molecule has 0 aliphatic rings. The van der Waals surface area contributed by atoms with Crippen molar-refractivity contribution in [3.8, 4) is 0 Å². The topological polar surface area (TPSA) is 38.0 Å². The molecule has 0 bridgehead atoms. The van der Waals surface area contributed by atoms with Gasteiger partial charge in [0.2, 0.25) is 0 Å². The highest BCUT2D eigenvalue weighted by Crippen LogP contribution is 2.09. The third kappa shape index (κ3) is 6.30. The lowest BCUT2D eigenvalue weighted by molar-refractivity contribution is -0.671. The summed E-state index contributed by atoms with van der Waals surface area (Å²) in [6.45, 7) is 0. The lowest BCUT2D eigenvalue weighted by Crippen LogP contribution is -2.26. The van der Waals surface area contributed by atoms with Crippen LogP contribution >= 0.6 is 0 Å². The van der Waals surface area contributed by atoms with Gasteiger partial charge in [0.05, 0.1) is 0 Å². The van der Waals surface area contributed by atoms with Gasteiger partial charge in [-0.05, 0) is 0 Å². The van der Waals surface area contributed by atoms with Gasteiger partial charge in [-0.2, -0.15) is 0 Å². The summed E-state index contributed by atoms with van der Waals surface area (Å²) >= 11 is 0. The Balaban J connectivity index is 0.000000422. The van der Waals surface area contributed by atoms with Crippen molar-refractivity contribution in [2.75, 3.05) is 0 Å². The van der Waals surface area contributed by atoms with Crippen LogP contribution in [0.5, 0.6) is 0 Å². The second-order valence-electron chi connectivity index (χ2n) is 4.32. The Labute approximate surface area is 124 Å². The smallest absolute Gasteiger partial charge is 0.418 e. The molecule has 1 heterocycles. The molecule has 0 saturated carbocycles. The number of hydrogen-bond donors (Lipinski definition) is 0. The van der Waals surface area contributed by atoms with Gasteiger partial charge in [0.15, 0.2) is 18.2 Å². The van der Waals surface area contributed by atoms with Gasteiger partial charge in [-0.25, -0.2) is 4.57 Å². The van der Waals surface area contributed by atoms with E-state index in [9.17, 15) is 26.9 Å². The van der Waals surface area contributed by atoms with Crippen molar-refractivity contribution < 1.29 is 31.4 Å². The van der Waals surface area contributed by atoms with E-state index in [1.807, 2.05) is 24.0 Å². The van der Waals surface area contributed by atoms with E-state index in [1.165, 1.54) is 0 Å². The standard InChI is InChI=1S/C14H12NO2.BF4/c1-15-8-6-13(7-9-15)14(17)12-4-2-11(10-16)3-5-12;2-1(3,4)5/h2-10H,1H3;/q+1;-1.